The van der Waals surface area contributed by atoms with Gasteiger partial charge in [-0.05, 0) is 43.2 Å². The summed E-state index contributed by atoms with van der Waals surface area (Å²) in [4.78, 5) is 21.0. The number of rotatable bonds is 5. The van der Waals surface area contributed by atoms with Gasteiger partial charge in [0.1, 0.15) is 12.2 Å². The quantitative estimate of drug-likeness (QED) is 0.526. The van der Waals surface area contributed by atoms with Gasteiger partial charge in [0.2, 0.25) is 11.7 Å². The number of anilines is 1. The van der Waals surface area contributed by atoms with Crippen molar-refractivity contribution in [3.8, 4) is 23.0 Å². The molecule has 2 aromatic heterocycles. The first-order chi connectivity index (χ1) is 14.0. The van der Waals surface area contributed by atoms with E-state index in [4.69, 9.17) is 16.1 Å². The van der Waals surface area contributed by atoms with E-state index >= 15 is 0 Å². The Kier molecular flexibility index (Phi) is 5.14. The Hall–Kier alpha value is -3.45. The second-order valence-corrected chi connectivity index (χ2v) is 7.09. The van der Waals surface area contributed by atoms with Crippen LogP contribution in [0.1, 0.15) is 11.1 Å². The number of aryl methyl sites for hydroxylation is 2. The van der Waals surface area contributed by atoms with Crippen LogP contribution in [0.2, 0.25) is 5.02 Å². The zero-order valence-electron chi connectivity index (χ0n) is 15.9. The van der Waals surface area contributed by atoms with Crippen molar-refractivity contribution in [1.82, 2.24) is 19.7 Å². The van der Waals surface area contributed by atoms with E-state index in [0.717, 1.165) is 16.7 Å². The Labute approximate surface area is 172 Å². The molecule has 0 aliphatic heterocycles. The summed E-state index contributed by atoms with van der Waals surface area (Å²) in [5.74, 6) is 0.608. The van der Waals surface area contributed by atoms with E-state index < -0.39 is 0 Å². The monoisotopic (exact) mass is 407 g/mol. The number of benzene rings is 2. The molecule has 1 amide bonds. The van der Waals surface area contributed by atoms with Gasteiger partial charge in [-0.3, -0.25) is 4.79 Å². The van der Waals surface area contributed by atoms with Crippen LogP contribution in [0.25, 0.3) is 23.0 Å². The van der Waals surface area contributed by atoms with Gasteiger partial charge in [0.05, 0.1) is 6.33 Å². The van der Waals surface area contributed by atoms with E-state index in [2.05, 4.69) is 20.4 Å². The molecule has 0 aliphatic rings. The Morgan fingerprint density at radius 2 is 2.00 bits per heavy atom. The maximum Gasteiger partial charge on any atom is 0.258 e. The summed E-state index contributed by atoms with van der Waals surface area (Å²) in [5, 5.41) is 7.43. The van der Waals surface area contributed by atoms with Crippen molar-refractivity contribution >= 4 is 23.2 Å². The summed E-state index contributed by atoms with van der Waals surface area (Å²) in [5.41, 5.74) is 4.05. The van der Waals surface area contributed by atoms with Crippen LogP contribution in [0.5, 0.6) is 0 Å². The Morgan fingerprint density at radius 3 is 2.79 bits per heavy atom. The SMILES string of the molecule is Cc1ccc(NC(=O)Cn2cnc(-c3noc(-c4ccccc4C)n3)c2)cc1Cl. The van der Waals surface area contributed by atoms with Crippen LogP contribution >= 0.6 is 11.6 Å². The summed E-state index contributed by atoms with van der Waals surface area (Å²) in [6.45, 7) is 3.98. The molecular weight excluding hydrogens is 390 g/mol. The molecule has 0 bridgehead atoms. The highest BCUT2D eigenvalue weighted by atomic mass is 35.5. The van der Waals surface area contributed by atoms with Crippen molar-refractivity contribution < 1.29 is 9.32 Å². The molecule has 0 fully saturated rings. The molecule has 1 N–H and O–H groups in total. The minimum absolute atomic E-state index is 0.0982. The summed E-state index contributed by atoms with van der Waals surface area (Å²) in [6.07, 6.45) is 3.26. The molecule has 7 nitrogen and oxygen atoms in total. The highest BCUT2D eigenvalue weighted by molar-refractivity contribution is 6.31. The van der Waals surface area contributed by atoms with Crippen molar-refractivity contribution in [1.29, 1.82) is 0 Å². The molecule has 2 aromatic carbocycles. The largest absolute Gasteiger partial charge is 0.334 e. The minimum Gasteiger partial charge on any atom is -0.334 e. The number of halogens is 1. The summed E-state index contributed by atoms with van der Waals surface area (Å²) < 4.78 is 7.03. The number of nitrogens with zero attached hydrogens (tertiary/aromatic N) is 4. The van der Waals surface area contributed by atoms with Gasteiger partial charge in [0.15, 0.2) is 0 Å². The van der Waals surface area contributed by atoms with E-state index in [0.29, 0.717) is 28.1 Å². The van der Waals surface area contributed by atoms with E-state index in [1.165, 1.54) is 0 Å². The maximum absolute atomic E-state index is 12.3. The number of imidazole rings is 1. The fourth-order valence-corrected chi connectivity index (χ4v) is 3.03. The van der Waals surface area contributed by atoms with Gasteiger partial charge < -0.3 is 14.4 Å². The zero-order chi connectivity index (χ0) is 20.4. The smallest absolute Gasteiger partial charge is 0.258 e. The Balaban J connectivity index is 1.45. The predicted octanol–water partition coefficient (Wildman–Crippen LogP) is 4.51. The third-order valence-electron chi connectivity index (χ3n) is 4.45. The molecule has 2 heterocycles. The fraction of sp³-hybridized carbons (Fsp3) is 0.143. The topological polar surface area (TPSA) is 85.8 Å². The third kappa shape index (κ3) is 4.20. The van der Waals surface area contributed by atoms with Gasteiger partial charge in [-0.25, -0.2) is 4.98 Å². The van der Waals surface area contributed by atoms with Gasteiger partial charge in [-0.2, -0.15) is 4.98 Å². The molecule has 4 rings (SSSR count). The lowest BCUT2D eigenvalue weighted by Crippen LogP contribution is -2.17. The second-order valence-electron chi connectivity index (χ2n) is 6.68. The predicted molar refractivity (Wildman–Crippen MR) is 111 cm³/mol. The van der Waals surface area contributed by atoms with Crippen LogP contribution in [-0.2, 0) is 11.3 Å². The van der Waals surface area contributed by atoms with Crippen LogP contribution in [0.3, 0.4) is 0 Å². The number of amides is 1. The lowest BCUT2D eigenvalue weighted by molar-refractivity contribution is -0.116. The lowest BCUT2D eigenvalue weighted by Gasteiger charge is -2.07. The number of nitrogens with one attached hydrogen (secondary N) is 1. The first-order valence-corrected chi connectivity index (χ1v) is 9.35. The Bertz CT molecular complexity index is 1180. The molecule has 0 saturated carbocycles. The molecule has 0 atom stereocenters. The highest BCUT2D eigenvalue weighted by Crippen LogP contribution is 2.24. The average molecular weight is 408 g/mol. The van der Waals surface area contributed by atoms with Crippen LogP contribution in [-0.4, -0.2) is 25.6 Å². The molecule has 0 aliphatic carbocycles. The van der Waals surface area contributed by atoms with Gasteiger partial charge in [0.25, 0.3) is 5.89 Å². The molecule has 8 heteroatoms. The van der Waals surface area contributed by atoms with E-state index in [9.17, 15) is 4.79 Å². The summed E-state index contributed by atoms with van der Waals surface area (Å²) >= 11 is 6.10. The fourth-order valence-electron chi connectivity index (χ4n) is 2.85. The summed E-state index contributed by atoms with van der Waals surface area (Å²) in [7, 11) is 0. The van der Waals surface area contributed by atoms with Crippen LogP contribution < -0.4 is 5.32 Å². The van der Waals surface area contributed by atoms with Crippen LogP contribution in [0.15, 0.2) is 59.5 Å². The number of carbonyl (C=O) groups is 1. The lowest BCUT2D eigenvalue weighted by atomic mass is 10.1. The van der Waals surface area contributed by atoms with Gasteiger partial charge >= 0.3 is 0 Å². The minimum atomic E-state index is -0.192. The molecule has 0 radical (unpaired) electrons. The number of hydrogen-bond acceptors (Lipinski definition) is 5. The number of hydrogen-bond donors (Lipinski definition) is 1. The third-order valence-corrected chi connectivity index (χ3v) is 4.85. The first-order valence-electron chi connectivity index (χ1n) is 8.97. The molecule has 0 spiro atoms. The molecule has 0 saturated heterocycles. The van der Waals surface area contributed by atoms with Gasteiger partial charge in [0, 0.05) is 22.5 Å². The molecule has 0 unspecified atom stereocenters. The van der Waals surface area contributed by atoms with Crippen molar-refractivity contribution in [3.05, 3.63) is 71.1 Å². The van der Waals surface area contributed by atoms with Crippen molar-refractivity contribution in [2.45, 2.75) is 20.4 Å². The van der Waals surface area contributed by atoms with Crippen LogP contribution in [0.4, 0.5) is 5.69 Å². The van der Waals surface area contributed by atoms with E-state index in [1.807, 2.05) is 50.2 Å². The maximum atomic E-state index is 12.3. The first kappa shape index (κ1) is 18.9. The van der Waals surface area contributed by atoms with Gasteiger partial charge in [-0.15, -0.1) is 0 Å². The average Bonchev–Trinajstić information content (AvgIpc) is 3.34. The van der Waals surface area contributed by atoms with E-state index in [1.54, 1.807) is 23.2 Å². The molecule has 29 heavy (non-hydrogen) atoms. The summed E-state index contributed by atoms with van der Waals surface area (Å²) in [6, 6.07) is 13.2. The van der Waals surface area contributed by atoms with E-state index in [-0.39, 0.29) is 12.5 Å². The Morgan fingerprint density at radius 1 is 1.17 bits per heavy atom. The molecular formula is C21H18ClN5O2. The molecule has 146 valence electrons. The molecule has 4 aromatic rings. The van der Waals surface area contributed by atoms with Crippen molar-refractivity contribution in [2.75, 3.05) is 5.32 Å². The number of aromatic nitrogens is 4. The van der Waals surface area contributed by atoms with Crippen molar-refractivity contribution in [2.24, 2.45) is 0 Å². The van der Waals surface area contributed by atoms with Crippen LogP contribution in [0, 0.1) is 13.8 Å². The highest BCUT2D eigenvalue weighted by Gasteiger charge is 2.15. The zero-order valence-corrected chi connectivity index (χ0v) is 16.6. The van der Waals surface area contributed by atoms with Crippen molar-refractivity contribution in [3.63, 3.8) is 0 Å². The standard InChI is InChI=1S/C21H18ClN5O2/c1-13-5-3-4-6-16(13)21-25-20(26-29-21)18-10-27(12-23-18)11-19(28)24-15-8-7-14(2)17(22)9-15/h3-10,12H,11H2,1-2H3,(H,24,28). The second kappa shape index (κ2) is 7.89. The number of carbonyl (C=O) groups excluding carboxylic acids is 1. The normalized spacial score (nSPS) is 10.9. The van der Waals surface area contributed by atoms with Gasteiger partial charge in [-0.1, -0.05) is 41.0 Å².